The highest BCUT2D eigenvalue weighted by Crippen LogP contribution is 2.12. The molecule has 4 nitrogen and oxygen atoms in total. The number of Topliss-reactive ketones (excluding diaryl/α,β-unsaturated/α-hetero) is 1. The average molecular weight is 268 g/mol. The molecule has 1 aromatic rings. The molecule has 0 aromatic carbocycles. The van der Waals surface area contributed by atoms with Crippen LogP contribution in [0, 0.1) is 0 Å². The van der Waals surface area contributed by atoms with Crippen LogP contribution in [0.3, 0.4) is 0 Å². The topological polar surface area (TPSA) is 58.2 Å². The Balaban J connectivity index is 2.19. The Bertz CT molecular complexity index is 376. The van der Waals surface area contributed by atoms with Crippen molar-refractivity contribution in [3.05, 3.63) is 22.4 Å². The van der Waals surface area contributed by atoms with Crippen LogP contribution in [0.4, 0.5) is 0 Å². The number of ketones is 1. The van der Waals surface area contributed by atoms with Crippen LogP contribution in [-0.2, 0) is 4.79 Å². The minimum Gasteiger partial charge on any atom is -0.355 e. The van der Waals surface area contributed by atoms with Gasteiger partial charge in [-0.25, -0.2) is 0 Å². The third-order valence-electron chi connectivity index (χ3n) is 2.53. The summed E-state index contributed by atoms with van der Waals surface area (Å²) >= 11 is 1.42. The van der Waals surface area contributed by atoms with Gasteiger partial charge in [0.05, 0.1) is 4.88 Å². The maximum Gasteiger partial charge on any atom is 0.220 e. The molecule has 1 aromatic heterocycles. The molecule has 1 atom stereocenters. The van der Waals surface area contributed by atoms with Gasteiger partial charge in [0.15, 0.2) is 5.78 Å². The molecule has 0 saturated carbocycles. The van der Waals surface area contributed by atoms with Crippen molar-refractivity contribution in [3.8, 4) is 0 Å². The summed E-state index contributed by atoms with van der Waals surface area (Å²) in [6, 6.07) is 3.89. The highest BCUT2D eigenvalue weighted by molar-refractivity contribution is 7.12. The molecule has 1 rings (SSSR count). The van der Waals surface area contributed by atoms with Crippen molar-refractivity contribution in [2.24, 2.45) is 0 Å². The van der Waals surface area contributed by atoms with Gasteiger partial charge < -0.3 is 10.6 Å². The lowest BCUT2D eigenvalue weighted by Gasteiger charge is -2.12. The standard InChI is InChI=1S/C13H20N2O2S/c1-3-14-10(2)9-15-13(17)7-6-11(16)12-5-4-8-18-12/h4-5,8,10,14H,3,6-7,9H2,1-2H3,(H,15,17)/t10-/m1/s1. The van der Waals surface area contributed by atoms with Gasteiger partial charge in [-0.05, 0) is 24.9 Å². The molecule has 2 N–H and O–H groups in total. The van der Waals surface area contributed by atoms with Crippen molar-refractivity contribution in [2.45, 2.75) is 32.7 Å². The lowest BCUT2D eigenvalue weighted by Crippen LogP contribution is -2.38. The summed E-state index contributed by atoms with van der Waals surface area (Å²) < 4.78 is 0. The number of carbonyl (C=O) groups is 2. The van der Waals surface area contributed by atoms with E-state index in [4.69, 9.17) is 0 Å². The van der Waals surface area contributed by atoms with Gasteiger partial charge >= 0.3 is 0 Å². The molecule has 0 aliphatic heterocycles. The van der Waals surface area contributed by atoms with Gasteiger partial charge in [0.1, 0.15) is 0 Å². The van der Waals surface area contributed by atoms with E-state index in [1.165, 1.54) is 11.3 Å². The van der Waals surface area contributed by atoms with Crippen molar-refractivity contribution in [2.75, 3.05) is 13.1 Å². The van der Waals surface area contributed by atoms with E-state index in [0.717, 1.165) is 11.4 Å². The quantitative estimate of drug-likeness (QED) is 0.707. The number of thiophene rings is 1. The molecule has 0 saturated heterocycles. The Labute approximate surface area is 112 Å². The third kappa shape index (κ3) is 5.42. The second kappa shape index (κ2) is 8.00. The van der Waals surface area contributed by atoms with Gasteiger partial charge in [-0.2, -0.15) is 0 Å². The lowest BCUT2D eigenvalue weighted by atomic mass is 10.2. The van der Waals surface area contributed by atoms with E-state index in [0.29, 0.717) is 6.54 Å². The zero-order chi connectivity index (χ0) is 13.4. The number of nitrogens with one attached hydrogen (secondary N) is 2. The van der Waals surface area contributed by atoms with Gasteiger partial charge in [-0.1, -0.05) is 13.0 Å². The zero-order valence-corrected chi connectivity index (χ0v) is 11.7. The lowest BCUT2D eigenvalue weighted by molar-refractivity contribution is -0.121. The first kappa shape index (κ1) is 14.9. The maximum absolute atomic E-state index is 11.7. The van der Waals surface area contributed by atoms with Gasteiger partial charge in [0, 0.05) is 25.4 Å². The van der Waals surface area contributed by atoms with E-state index in [-0.39, 0.29) is 30.6 Å². The van der Waals surface area contributed by atoms with E-state index >= 15 is 0 Å². The Morgan fingerprint density at radius 2 is 2.17 bits per heavy atom. The fourth-order valence-electron chi connectivity index (χ4n) is 1.56. The predicted octanol–water partition coefficient (Wildman–Crippen LogP) is 1.83. The summed E-state index contributed by atoms with van der Waals surface area (Å²) in [6.07, 6.45) is 0.539. The normalized spacial score (nSPS) is 12.1. The predicted molar refractivity (Wildman–Crippen MR) is 74.0 cm³/mol. The molecular formula is C13H20N2O2S. The van der Waals surface area contributed by atoms with Crippen molar-refractivity contribution in [1.82, 2.24) is 10.6 Å². The van der Waals surface area contributed by atoms with Crippen LogP contribution in [0.5, 0.6) is 0 Å². The number of likely N-dealkylation sites (N-methyl/N-ethyl adjacent to an activating group) is 1. The van der Waals surface area contributed by atoms with Crippen LogP contribution in [-0.4, -0.2) is 30.8 Å². The summed E-state index contributed by atoms with van der Waals surface area (Å²) in [7, 11) is 0. The second-order valence-corrected chi connectivity index (χ2v) is 5.11. The molecule has 0 fully saturated rings. The van der Waals surface area contributed by atoms with E-state index in [1.54, 1.807) is 6.07 Å². The molecule has 0 spiro atoms. The summed E-state index contributed by atoms with van der Waals surface area (Å²) in [4.78, 5) is 23.9. The molecule has 5 heteroatoms. The monoisotopic (exact) mass is 268 g/mol. The van der Waals surface area contributed by atoms with Crippen molar-refractivity contribution in [1.29, 1.82) is 0 Å². The van der Waals surface area contributed by atoms with Crippen molar-refractivity contribution < 1.29 is 9.59 Å². The van der Waals surface area contributed by atoms with Crippen molar-refractivity contribution >= 4 is 23.0 Å². The SMILES string of the molecule is CCN[C@H](C)CNC(=O)CCC(=O)c1cccs1. The maximum atomic E-state index is 11.7. The summed E-state index contributed by atoms with van der Waals surface area (Å²) in [6.45, 7) is 5.52. The minimum atomic E-state index is -0.0651. The van der Waals surface area contributed by atoms with Crippen LogP contribution in [0.1, 0.15) is 36.4 Å². The first-order chi connectivity index (χ1) is 8.63. The molecule has 18 heavy (non-hydrogen) atoms. The minimum absolute atomic E-state index is 0.0416. The second-order valence-electron chi connectivity index (χ2n) is 4.16. The van der Waals surface area contributed by atoms with Gasteiger partial charge in [-0.3, -0.25) is 9.59 Å². The van der Waals surface area contributed by atoms with Crippen LogP contribution in [0.15, 0.2) is 17.5 Å². The molecule has 0 aliphatic rings. The fourth-order valence-corrected chi connectivity index (χ4v) is 2.26. The number of carbonyl (C=O) groups excluding carboxylic acids is 2. The van der Waals surface area contributed by atoms with Crippen molar-refractivity contribution in [3.63, 3.8) is 0 Å². The summed E-state index contributed by atoms with van der Waals surface area (Å²) in [5.74, 6) is -0.0236. The van der Waals surface area contributed by atoms with Crippen LogP contribution < -0.4 is 10.6 Å². The van der Waals surface area contributed by atoms with Crippen LogP contribution in [0.2, 0.25) is 0 Å². The Morgan fingerprint density at radius 3 is 2.78 bits per heavy atom. The largest absolute Gasteiger partial charge is 0.355 e. The molecule has 0 aliphatic carbocycles. The smallest absolute Gasteiger partial charge is 0.220 e. The van der Waals surface area contributed by atoms with Gasteiger partial charge in [0.25, 0.3) is 0 Å². The first-order valence-corrected chi connectivity index (χ1v) is 7.08. The van der Waals surface area contributed by atoms with E-state index in [2.05, 4.69) is 10.6 Å². The molecule has 1 amide bonds. The number of hydrogen-bond acceptors (Lipinski definition) is 4. The fraction of sp³-hybridized carbons (Fsp3) is 0.538. The first-order valence-electron chi connectivity index (χ1n) is 6.20. The van der Waals surface area contributed by atoms with Crippen LogP contribution in [0.25, 0.3) is 0 Å². The highest BCUT2D eigenvalue weighted by atomic mass is 32.1. The van der Waals surface area contributed by atoms with Gasteiger partial charge in [-0.15, -0.1) is 11.3 Å². The Kier molecular flexibility index (Phi) is 6.60. The van der Waals surface area contributed by atoms with Gasteiger partial charge in [0.2, 0.25) is 5.91 Å². The molecule has 0 bridgehead atoms. The average Bonchev–Trinajstić information content (AvgIpc) is 2.87. The number of amides is 1. The Hall–Kier alpha value is -1.20. The molecule has 0 radical (unpaired) electrons. The molecule has 1 heterocycles. The van der Waals surface area contributed by atoms with E-state index < -0.39 is 0 Å². The van der Waals surface area contributed by atoms with E-state index in [1.807, 2.05) is 25.3 Å². The number of rotatable bonds is 8. The third-order valence-corrected chi connectivity index (χ3v) is 3.44. The molecular weight excluding hydrogens is 248 g/mol. The van der Waals surface area contributed by atoms with Crippen LogP contribution >= 0.6 is 11.3 Å². The summed E-state index contributed by atoms with van der Waals surface area (Å²) in [5, 5.41) is 7.89. The Morgan fingerprint density at radius 1 is 1.39 bits per heavy atom. The zero-order valence-electron chi connectivity index (χ0n) is 10.9. The summed E-state index contributed by atoms with van der Waals surface area (Å²) in [5.41, 5.74) is 0. The molecule has 0 unspecified atom stereocenters. The highest BCUT2D eigenvalue weighted by Gasteiger charge is 2.10. The van der Waals surface area contributed by atoms with E-state index in [9.17, 15) is 9.59 Å². The number of hydrogen-bond donors (Lipinski definition) is 2. The molecule has 100 valence electrons.